The Balaban J connectivity index is 2.24. The van der Waals surface area contributed by atoms with Crippen LogP contribution in [0.15, 0.2) is 24.3 Å². The molecular formula is C18H26FNO4. The smallest absolute Gasteiger partial charge is 0.249 e. The molecule has 0 saturated heterocycles. The van der Waals surface area contributed by atoms with Gasteiger partial charge in [-0.25, -0.2) is 4.39 Å². The molecule has 0 spiro atoms. The second kappa shape index (κ2) is 9.49. The first kappa shape index (κ1) is 20.3. The lowest BCUT2D eigenvalue weighted by molar-refractivity contribution is -0.137. The molecule has 0 fully saturated rings. The van der Waals surface area contributed by atoms with E-state index in [1.165, 1.54) is 6.07 Å². The summed E-state index contributed by atoms with van der Waals surface area (Å²) in [7, 11) is 0. The molecular weight excluding hydrogens is 313 g/mol. The average Bonchev–Trinajstić information content (AvgIpc) is 2.57. The molecule has 1 aromatic carbocycles. The maximum absolute atomic E-state index is 13.4. The maximum Gasteiger partial charge on any atom is 0.249 e. The summed E-state index contributed by atoms with van der Waals surface area (Å²) >= 11 is 0. The number of aryl methyl sites for hydroxylation is 1. The minimum Gasteiger partial charge on any atom is -0.396 e. The number of carbonyl (C=O) groups is 2. The van der Waals surface area contributed by atoms with Gasteiger partial charge in [-0.3, -0.25) is 9.59 Å². The van der Waals surface area contributed by atoms with Crippen LogP contribution < -0.4 is 5.32 Å². The number of amides is 1. The third kappa shape index (κ3) is 6.37. The summed E-state index contributed by atoms with van der Waals surface area (Å²) < 4.78 is 13.4. The Labute approximate surface area is 141 Å². The zero-order valence-corrected chi connectivity index (χ0v) is 14.2. The van der Waals surface area contributed by atoms with Gasteiger partial charge in [-0.05, 0) is 24.5 Å². The highest BCUT2D eigenvalue weighted by atomic mass is 19.1. The highest BCUT2D eigenvalue weighted by molar-refractivity contribution is 5.81. The molecule has 0 heterocycles. The molecule has 3 N–H and O–H groups in total. The normalized spacial score (nSPS) is 12.7. The number of nitrogens with one attached hydrogen (secondary N) is 1. The predicted octanol–water partition coefficient (Wildman–Crippen LogP) is 1.60. The van der Waals surface area contributed by atoms with Crippen molar-refractivity contribution in [2.24, 2.45) is 5.41 Å². The molecule has 5 nitrogen and oxygen atoms in total. The fraction of sp³-hybridized carbons (Fsp3) is 0.556. The highest BCUT2D eigenvalue weighted by Crippen LogP contribution is 2.19. The third-order valence-corrected chi connectivity index (χ3v) is 3.96. The van der Waals surface area contributed by atoms with E-state index in [-0.39, 0.29) is 37.6 Å². The number of hydrogen-bond donors (Lipinski definition) is 3. The van der Waals surface area contributed by atoms with Crippen molar-refractivity contribution in [2.75, 3.05) is 13.2 Å². The van der Waals surface area contributed by atoms with Crippen LogP contribution in [0.4, 0.5) is 4.39 Å². The lowest BCUT2D eigenvalue weighted by Gasteiger charge is -2.27. The van der Waals surface area contributed by atoms with Crippen molar-refractivity contribution < 1.29 is 24.2 Å². The van der Waals surface area contributed by atoms with Crippen molar-refractivity contribution in [3.8, 4) is 0 Å². The van der Waals surface area contributed by atoms with Crippen LogP contribution in [0, 0.1) is 11.2 Å². The topological polar surface area (TPSA) is 86.6 Å². The number of ketones is 1. The van der Waals surface area contributed by atoms with Gasteiger partial charge in [0.2, 0.25) is 5.91 Å². The van der Waals surface area contributed by atoms with Gasteiger partial charge in [0.25, 0.3) is 0 Å². The molecule has 0 aliphatic carbocycles. The van der Waals surface area contributed by atoms with Crippen LogP contribution in [-0.2, 0) is 16.0 Å². The number of rotatable bonds is 10. The van der Waals surface area contributed by atoms with Crippen LogP contribution in [-0.4, -0.2) is 41.2 Å². The summed E-state index contributed by atoms with van der Waals surface area (Å²) in [6, 6.07) is 6.37. The summed E-state index contributed by atoms with van der Waals surface area (Å²) in [6.45, 7) is 3.13. The van der Waals surface area contributed by atoms with Crippen LogP contribution in [0.5, 0.6) is 0 Å². The van der Waals surface area contributed by atoms with Gasteiger partial charge in [0.15, 0.2) is 0 Å². The summed E-state index contributed by atoms with van der Waals surface area (Å²) in [5, 5.41) is 21.5. The molecule has 0 aliphatic heterocycles. The Morgan fingerprint density at radius 2 is 1.92 bits per heavy atom. The zero-order chi connectivity index (χ0) is 18.2. The SMILES string of the molecule is CC(C)(CO)[C@@H](O)C(=O)NCCCC(=O)CCc1ccccc1F. The zero-order valence-electron chi connectivity index (χ0n) is 14.2. The van der Waals surface area contributed by atoms with Crippen LogP contribution in [0.25, 0.3) is 0 Å². The van der Waals surface area contributed by atoms with E-state index in [1.54, 1.807) is 32.0 Å². The van der Waals surface area contributed by atoms with E-state index in [0.717, 1.165) is 0 Å². The van der Waals surface area contributed by atoms with Crippen molar-refractivity contribution in [1.82, 2.24) is 5.32 Å². The Kier molecular flexibility index (Phi) is 8.01. The molecule has 0 unspecified atom stereocenters. The first-order chi connectivity index (χ1) is 11.3. The quantitative estimate of drug-likeness (QED) is 0.565. The first-order valence-electron chi connectivity index (χ1n) is 8.09. The molecule has 1 amide bonds. The molecule has 0 bridgehead atoms. The predicted molar refractivity (Wildman–Crippen MR) is 88.8 cm³/mol. The Morgan fingerprint density at radius 3 is 2.54 bits per heavy atom. The first-order valence-corrected chi connectivity index (χ1v) is 8.09. The molecule has 1 rings (SSSR count). The molecule has 0 radical (unpaired) electrons. The van der Waals surface area contributed by atoms with Crippen molar-refractivity contribution in [1.29, 1.82) is 0 Å². The van der Waals surface area contributed by atoms with Crippen molar-refractivity contribution >= 4 is 11.7 Å². The van der Waals surface area contributed by atoms with Gasteiger partial charge < -0.3 is 15.5 Å². The second-order valence-electron chi connectivity index (χ2n) is 6.57. The lowest BCUT2D eigenvalue weighted by atomic mass is 9.87. The fourth-order valence-electron chi connectivity index (χ4n) is 2.14. The number of halogens is 1. The van der Waals surface area contributed by atoms with Gasteiger partial charge in [-0.2, -0.15) is 0 Å². The summed E-state index contributed by atoms with van der Waals surface area (Å²) in [4.78, 5) is 23.5. The Hall–Kier alpha value is -1.79. The van der Waals surface area contributed by atoms with Crippen LogP contribution >= 0.6 is 0 Å². The van der Waals surface area contributed by atoms with E-state index < -0.39 is 17.4 Å². The minimum absolute atomic E-state index is 0.00346. The summed E-state index contributed by atoms with van der Waals surface area (Å²) in [5.74, 6) is -0.866. The summed E-state index contributed by atoms with van der Waals surface area (Å²) in [6.07, 6.45) is 0.0535. The fourth-order valence-corrected chi connectivity index (χ4v) is 2.14. The third-order valence-electron chi connectivity index (χ3n) is 3.96. The van der Waals surface area contributed by atoms with Crippen molar-refractivity contribution in [3.63, 3.8) is 0 Å². The van der Waals surface area contributed by atoms with Crippen molar-refractivity contribution in [2.45, 2.75) is 45.6 Å². The number of Topliss-reactive ketones (excluding diaryl/α,β-unsaturated/α-hetero) is 1. The average molecular weight is 339 g/mol. The van der Waals surface area contributed by atoms with Gasteiger partial charge >= 0.3 is 0 Å². The molecule has 0 aliphatic rings. The molecule has 6 heteroatoms. The number of aliphatic hydroxyl groups excluding tert-OH is 2. The van der Waals surface area contributed by atoms with E-state index in [2.05, 4.69) is 5.32 Å². The molecule has 0 saturated carbocycles. The van der Waals surface area contributed by atoms with Gasteiger partial charge in [-0.1, -0.05) is 32.0 Å². The van der Waals surface area contributed by atoms with E-state index in [0.29, 0.717) is 18.4 Å². The number of aliphatic hydroxyl groups is 2. The van der Waals surface area contributed by atoms with Gasteiger partial charge in [0, 0.05) is 24.8 Å². The Morgan fingerprint density at radius 1 is 1.25 bits per heavy atom. The van der Waals surface area contributed by atoms with E-state index >= 15 is 0 Å². The maximum atomic E-state index is 13.4. The lowest BCUT2D eigenvalue weighted by Crippen LogP contribution is -2.45. The van der Waals surface area contributed by atoms with E-state index in [9.17, 15) is 19.1 Å². The van der Waals surface area contributed by atoms with Gasteiger partial charge in [0.1, 0.15) is 17.7 Å². The molecule has 1 aromatic rings. The standard InChI is InChI=1S/C18H26FNO4/c1-18(2,12-21)16(23)17(24)20-11-5-7-14(22)10-9-13-6-3-4-8-15(13)19/h3-4,6,8,16,21,23H,5,7,9-12H2,1-2H3,(H,20,24)/t16-/m0/s1. The Bertz CT molecular complexity index is 560. The van der Waals surface area contributed by atoms with Crippen LogP contribution in [0.3, 0.4) is 0 Å². The summed E-state index contributed by atoms with van der Waals surface area (Å²) in [5.41, 5.74) is -0.395. The van der Waals surface area contributed by atoms with Crippen LogP contribution in [0.1, 0.15) is 38.7 Å². The molecule has 134 valence electrons. The number of benzene rings is 1. The number of hydrogen-bond acceptors (Lipinski definition) is 4. The molecule has 0 aromatic heterocycles. The monoisotopic (exact) mass is 339 g/mol. The van der Waals surface area contributed by atoms with E-state index in [4.69, 9.17) is 5.11 Å². The largest absolute Gasteiger partial charge is 0.396 e. The van der Waals surface area contributed by atoms with Crippen LogP contribution in [0.2, 0.25) is 0 Å². The molecule has 24 heavy (non-hydrogen) atoms. The van der Waals surface area contributed by atoms with Gasteiger partial charge in [-0.15, -0.1) is 0 Å². The van der Waals surface area contributed by atoms with Crippen molar-refractivity contribution in [3.05, 3.63) is 35.6 Å². The molecule has 1 atom stereocenters. The number of carbonyl (C=O) groups excluding carboxylic acids is 2. The minimum atomic E-state index is -1.31. The van der Waals surface area contributed by atoms with E-state index in [1.807, 2.05) is 0 Å². The highest BCUT2D eigenvalue weighted by Gasteiger charge is 2.32. The van der Waals surface area contributed by atoms with Gasteiger partial charge in [0.05, 0.1) is 6.61 Å². The second-order valence-corrected chi connectivity index (χ2v) is 6.57.